The van der Waals surface area contributed by atoms with Gasteiger partial charge in [-0.15, -0.1) is 23.5 Å². The Morgan fingerprint density at radius 3 is 2.50 bits per heavy atom. The molecule has 2 aromatic rings. The summed E-state index contributed by atoms with van der Waals surface area (Å²) >= 11 is 2.38. The smallest absolute Gasteiger partial charge is 0.263 e. The Labute approximate surface area is 253 Å². The zero-order valence-electron chi connectivity index (χ0n) is 24.2. The van der Waals surface area contributed by atoms with E-state index in [-0.39, 0.29) is 36.1 Å². The molecule has 2 amide bonds. The molecule has 0 aliphatic carbocycles. The SMILES string of the molecule is C=c1c([C@@]23c4ccccc4N[C@@H]2N2C(=O)[C@@H](SCCC(C)=O)N(C)C(=O)[C@@]2(SCCC(C)=O)[C@H]3O)c[nH]/c1=C/C=C\C. The molecule has 42 heavy (non-hydrogen) atoms. The van der Waals surface area contributed by atoms with Crippen molar-refractivity contribution >= 4 is 65.2 Å². The number of anilines is 1. The van der Waals surface area contributed by atoms with E-state index in [0.29, 0.717) is 16.5 Å². The normalized spacial score (nSPS) is 28.7. The number of fused-ring (bicyclic) bond motifs is 5. The highest BCUT2D eigenvalue weighted by Gasteiger charge is 2.77. The number of para-hydroxylation sites is 1. The molecule has 0 saturated carbocycles. The number of aromatic amines is 1. The minimum atomic E-state index is -1.71. The van der Waals surface area contributed by atoms with Crippen LogP contribution in [0.3, 0.4) is 0 Å². The molecule has 11 heteroatoms. The van der Waals surface area contributed by atoms with Crippen LogP contribution < -0.4 is 15.9 Å². The zero-order valence-corrected chi connectivity index (χ0v) is 25.8. The fourth-order valence-corrected chi connectivity index (χ4v) is 9.26. The number of carbonyl (C=O) groups excluding carboxylic acids is 4. The highest BCUT2D eigenvalue weighted by atomic mass is 32.2. The van der Waals surface area contributed by atoms with Crippen LogP contribution in [0.15, 0.2) is 42.6 Å². The van der Waals surface area contributed by atoms with Crippen LogP contribution >= 0.6 is 23.5 Å². The van der Waals surface area contributed by atoms with Crippen LogP contribution in [-0.2, 0) is 24.6 Å². The lowest BCUT2D eigenvalue weighted by molar-refractivity contribution is -0.160. The van der Waals surface area contributed by atoms with E-state index >= 15 is 0 Å². The van der Waals surface area contributed by atoms with Crippen molar-refractivity contribution in [1.82, 2.24) is 14.8 Å². The summed E-state index contributed by atoms with van der Waals surface area (Å²) in [6.07, 6.45) is 5.73. The first kappa shape index (κ1) is 30.2. The van der Waals surface area contributed by atoms with Gasteiger partial charge in [0.1, 0.15) is 23.8 Å². The molecular formula is C31H36N4O5S2. The van der Waals surface area contributed by atoms with Crippen molar-refractivity contribution < 1.29 is 24.3 Å². The predicted octanol–water partition coefficient (Wildman–Crippen LogP) is 1.94. The van der Waals surface area contributed by atoms with Gasteiger partial charge >= 0.3 is 0 Å². The van der Waals surface area contributed by atoms with Crippen molar-refractivity contribution in [3.63, 3.8) is 0 Å². The summed E-state index contributed by atoms with van der Waals surface area (Å²) in [5.74, 6) is -0.191. The van der Waals surface area contributed by atoms with E-state index in [4.69, 9.17) is 0 Å². The van der Waals surface area contributed by atoms with E-state index in [1.165, 1.54) is 35.4 Å². The number of Topliss-reactive ketones (excluding diaryl/α,β-unsaturated/α-hetero) is 2. The number of thioether (sulfide) groups is 2. The van der Waals surface area contributed by atoms with Gasteiger partial charge in [0.15, 0.2) is 10.2 Å². The lowest BCUT2D eigenvalue weighted by Gasteiger charge is -2.49. The Hall–Kier alpha value is -3.28. The van der Waals surface area contributed by atoms with E-state index in [1.54, 1.807) is 7.05 Å². The van der Waals surface area contributed by atoms with Crippen molar-refractivity contribution in [2.75, 3.05) is 23.9 Å². The summed E-state index contributed by atoms with van der Waals surface area (Å²) in [6.45, 7) is 9.26. The third kappa shape index (κ3) is 4.36. The number of aliphatic hydroxyl groups excluding tert-OH is 1. The van der Waals surface area contributed by atoms with Crippen molar-refractivity contribution in [2.45, 2.75) is 61.5 Å². The van der Waals surface area contributed by atoms with Gasteiger partial charge in [-0.1, -0.05) is 36.9 Å². The van der Waals surface area contributed by atoms with Gasteiger partial charge in [0, 0.05) is 48.6 Å². The number of rotatable bonds is 10. The minimum absolute atomic E-state index is 0.00152. The fourth-order valence-electron chi connectivity index (χ4n) is 6.41. The number of piperazine rings is 1. The molecule has 5 rings (SSSR count). The van der Waals surface area contributed by atoms with Gasteiger partial charge in [0.25, 0.3) is 11.8 Å². The number of likely N-dealkylation sites (N-methyl/N-ethyl adjacent to an activating group) is 1. The van der Waals surface area contributed by atoms with Crippen LogP contribution in [0.25, 0.3) is 12.7 Å². The predicted molar refractivity (Wildman–Crippen MR) is 167 cm³/mol. The molecule has 1 aromatic heterocycles. The van der Waals surface area contributed by atoms with Crippen LogP contribution in [0.5, 0.6) is 0 Å². The first-order valence-electron chi connectivity index (χ1n) is 13.9. The van der Waals surface area contributed by atoms with Crippen LogP contribution in [0.4, 0.5) is 5.69 Å². The topological polar surface area (TPSA) is 123 Å². The minimum Gasteiger partial charge on any atom is -0.388 e. The Morgan fingerprint density at radius 2 is 1.81 bits per heavy atom. The summed E-state index contributed by atoms with van der Waals surface area (Å²) < 4.78 is 0. The molecular weight excluding hydrogens is 572 g/mol. The van der Waals surface area contributed by atoms with Gasteiger partial charge in [-0.05, 0) is 49.3 Å². The molecule has 0 unspecified atom stereocenters. The van der Waals surface area contributed by atoms with Gasteiger partial charge in [0.05, 0.1) is 5.41 Å². The number of hydrogen-bond acceptors (Lipinski definition) is 8. The molecule has 5 atom stereocenters. The van der Waals surface area contributed by atoms with E-state index in [9.17, 15) is 24.3 Å². The molecule has 4 heterocycles. The first-order chi connectivity index (χ1) is 20.0. The summed E-state index contributed by atoms with van der Waals surface area (Å²) in [7, 11) is 1.57. The molecule has 3 N–H and O–H groups in total. The molecule has 222 valence electrons. The number of allylic oxidation sites excluding steroid dienone is 2. The second-order valence-corrected chi connectivity index (χ2v) is 13.5. The lowest BCUT2D eigenvalue weighted by atomic mass is 9.70. The lowest BCUT2D eigenvalue weighted by Crippen LogP contribution is -2.71. The maximum Gasteiger partial charge on any atom is 0.263 e. The van der Waals surface area contributed by atoms with Gasteiger partial charge < -0.3 is 20.3 Å². The zero-order chi connectivity index (χ0) is 30.4. The van der Waals surface area contributed by atoms with Gasteiger partial charge in [-0.25, -0.2) is 0 Å². The summed E-state index contributed by atoms with van der Waals surface area (Å²) in [5, 5.41) is 16.7. The number of nitrogens with zero attached hydrogens (tertiary/aromatic N) is 2. The number of H-pyrrole nitrogens is 1. The summed E-state index contributed by atoms with van der Waals surface area (Å²) in [4.78, 5) is 57.2. The van der Waals surface area contributed by atoms with Gasteiger partial charge in [-0.3, -0.25) is 24.1 Å². The highest BCUT2D eigenvalue weighted by molar-refractivity contribution is 8.01. The number of ketones is 2. The van der Waals surface area contributed by atoms with E-state index in [0.717, 1.165) is 28.4 Å². The summed E-state index contributed by atoms with van der Waals surface area (Å²) in [6, 6.07) is 7.57. The van der Waals surface area contributed by atoms with Crippen LogP contribution in [-0.4, -0.2) is 84.3 Å². The maximum absolute atomic E-state index is 14.5. The number of carbonyl (C=O) groups is 4. The average molecular weight is 609 g/mol. The number of aromatic nitrogens is 1. The highest BCUT2D eigenvalue weighted by Crippen LogP contribution is 2.62. The molecule has 0 radical (unpaired) electrons. The van der Waals surface area contributed by atoms with Crippen LogP contribution in [0, 0.1) is 0 Å². The molecule has 3 aliphatic rings. The Bertz CT molecular complexity index is 1590. The average Bonchev–Trinajstić information content (AvgIpc) is 3.55. The molecule has 1 aromatic carbocycles. The van der Waals surface area contributed by atoms with Crippen molar-refractivity contribution in [3.05, 3.63) is 64.3 Å². The standard InChI is InChI=1S/C31H36N4O5S2/c1-6-7-11-23-20(4)22(17-32-23)30-21-10-8-9-12-24(21)33-28(30)35-25(38)26(41-15-13-18(2)36)34(5)29(40)31(35,27(30)39)42-16-14-19(3)37/h6-12,17,26-28,32-33,39H,4,13-16H2,1-3,5H3/b7-6-,23-11+/t26-,27+,28-,30-,31+/m1/s1. The third-order valence-electron chi connectivity index (χ3n) is 8.37. The monoisotopic (exact) mass is 608 g/mol. The largest absolute Gasteiger partial charge is 0.388 e. The number of benzene rings is 1. The van der Waals surface area contributed by atoms with E-state index < -0.39 is 33.8 Å². The Balaban J connectivity index is 1.75. The van der Waals surface area contributed by atoms with Crippen molar-refractivity contribution in [3.8, 4) is 0 Å². The maximum atomic E-state index is 14.5. The molecule has 0 spiro atoms. The number of nitrogens with one attached hydrogen (secondary N) is 2. The fraction of sp³-hybridized carbons (Fsp3) is 0.419. The van der Waals surface area contributed by atoms with E-state index in [2.05, 4.69) is 16.9 Å². The van der Waals surface area contributed by atoms with Gasteiger partial charge in [0.2, 0.25) is 0 Å². The molecule has 0 bridgehead atoms. The summed E-state index contributed by atoms with van der Waals surface area (Å²) in [5.41, 5.74) is 0.941. The number of hydrogen-bond donors (Lipinski definition) is 3. The van der Waals surface area contributed by atoms with Crippen molar-refractivity contribution in [1.29, 1.82) is 0 Å². The van der Waals surface area contributed by atoms with Gasteiger partial charge in [-0.2, -0.15) is 0 Å². The second kappa shape index (κ2) is 11.4. The number of aliphatic hydroxyl groups is 1. The molecule has 3 aliphatic heterocycles. The quantitative estimate of drug-likeness (QED) is 0.374. The Morgan fingerprint density at radius 1 is 1.12 bits per heavy atom. The third-order valence-corrected chi connectivity index (χ3v) is 11.1. The molecule has 9 nitrogen and oxygen atoms in total. The number of amides is 2. The molecule has 2 fully saturated rings. The first-order valence-corrected chi connectivity index (χ1v) is 16.0. The van der Waals surface area contributed by atoms with Crippen LogP contribution in [0.2, 0.25) is 0 Å². The Kier molecular flexibility index (Phi) is 8.21. The van der Waals surface area contributed by atoms with E-state index in [1.807, 2.05) is 55.6 Å². The van der Waals surface area contributed by atoms with Crippen LogP contribution in [0.1, 0.15) is 44.7 Å². The molecule has 2 saturated heterocycles. The van der Waals surface area contributed by atoms with Crippen molar-refractivity contribution in [2.24, 2.45) is 0 Å². The second-order valence-electron chi connectivity index (χ2n) is 10.9.